The Morgan fingerprint density at radius 2 is 1.75 bits per heavy atom. The largest absolute Gasteiger partial charge is 0.433 e. The molecule has 3 heterocycles. The summed E-state index contributed by atoms with van der Waals surface area (Å²) < 4.78 is 53.7. The van der Waals surface area contributed by atoms with Crippen LogP contribution in [0.1, 0.15) is 5.69 Å². The molecule has 6 nitrogen and oxygen atoms in total. The monoisotopic (exact) mass is 394 g/mol. The average molecular weight is 394 g/mol. The molecule has 0 bridgehead atoms. The van der Waals surface area contributed by atoms with E-state index >= 15 is 0 Å². The Morgan fingerprint density at radius 3 is 2.50 bits per heavy atom. The smallest absolute Gasteiger partial charge is 0.338 e. The summed E-state index contributed by atoms with van der Waals surface area (Å²) in [5, 5.41) is 0. The number of imidazole rings is 1. The molecule has 1 fully saturated rings. The lowest BCUT2D eigenvalue weighted by Crippen LogP contribution is -2.47. The maximum Gasteiger partial charge on any atom is 0.433 e. The third-order valence-corrected chi connectivity index (χ3v) is 4.83. The molecule has 2 aromatic heterocycles. The van der Waals surface area contributed by atoms with Gasteiger partial charge in [-0.25, -0.2) is 19.3 Å². The van der Waals surface area contributed by atoms with Crippen LogP contribution >= 0.6 is 0 Å². The lowest BCUT2D eigenvalue weighted by Gasteiger charge is -2.34. The Bertz CT molecular complexity index is 962. The van der Waals surface area contributed by atoms with Crippen molar-refractivity contribution in [1.29, 1.82) is 0 Å². The predicted octanol–water partition coefficient (Wildman–Crippen LogP) is 2.81. The van der Waals surface area contributed by atoms with Crippen LogP contribution in [0.4, 0.5) is 23.5 Å². The van der Waals surface area contributed by atoms with Crippen molar-refractivity contribution in [1.82, 2.24) is 24.4 Å². The van der Waals surface area contributed by atoms with Gasteiger partial charge in [0.2, 0.25) is 5.95 Å². The third kappa shape index (κ3) is 3.91. The van der Waals surface area contributed by atoms with Crippen LogP contribution < -0.4 is 4.90 Å². The minimum absolute atomic E-state index is 0.108. The number of halogens is 4. The zero-order chi connectivity index (χ0) is 19.7. The molecule has 1 aromatic carbocycles. The summed E-state index contributed by atoms with van der Waals surface area (Å²) >= 11 is 0. The Kier molecular flexibility index (Phi) is 4.88. The molecule has 4 rings (SSSR count). The number of benzene rings is 1. The molecule has 0 atom stereocenters. The first-order valence-corrected chi connectivity index (χ1v) is 8.88. The van der Waals surface area contributed by atoms with E-state index in [1.54, 1.807) is 17.3 Å². The van der Waals surface area contributed by atoms with Crippen LogP contribution in [-0.2, 0) is 12.7 Å². The van der Waals surface area contributed by atoms with Crippen molar-refractivity contribution in [3.05, 3.63) is 48.3 Å². The topological polar surface area (TPSA) is 50.1 Å². The van der Waals surface area contributed by atoms with E-state index in [4.69, 9.17) is 0 Å². The highest BCUT2D eigenvalue weighted by Gasteiger charge is 2.33. The van der Waals surface area contributed by atoms with Crippen LogP contribution in [-0.4, -0.2) is 57.1 Å². The predicted molar refractivity (Wildman–Crippen MR) is 95.4 cm³/mol. The van der Waals surface area contributed by atoms with E-state index in [2.05, 4.69) is 19.9 Å². The first-order chi connectivity index (χ1) is 13.4. The van der Waals surface area contributed by atoms with Gasteiger partial charge in [0, 0.05) is 51.5 Å². The number of hydrogen-bond acceptors (Lipinski definition) is 5. The molecule has 0 N–H and O–H groups in total. The number of anilines is 1. The van der Waals surface area contributed by atoms with Gasteiger partial charge in [0.1, 0.15) is 11.5 Å². The molecule has 1 saturated heterocycles. The summed E-state index contributed by atoms with van der Waals surface area (Å²) in [5.41, 5.74) is 0.562. The van der Waals surface area contributed by atoms with E-state index in [1.807, 2.05) is 4.57 Å². The van der Waals surface area contributed by atoms with Gasteiger partial charge in [0.25, 0.3) is 0 Å². The minimum atomic E-state index is -4.48. The van der Waals surface area contributed by atoms with Crippen molar-refractivity contribution in [2.75, 3.05) is 37.6 Å². The van der Waals surface area contributed by atoms with Crippen molar-refractivity contribution in [2.24, 2.45) is 0 Å². The van der Waals surface area contributed by atoms with E-state index < -0.39 is 11.9 Å². The van der Waals surface area contributed by atoms with E-state index in [0.717, 1.165) is 24.3 Å². The van der Waals surface area contributed by atoms with E-state index in [9.17, 15) is 17.6 Å². The summed E-state index contributed by atoms with van der Waals surface area (Å²) in [4.78, 5) is 15.8. The van der Waals surface area contributed by atoms with Crippen molar-refractivity contribution < 1.29 is 17.6 Å². The molecular weight excluding hydrogens is 376 g/mol. The highest BCUT2D eigenvalue weighted by Crippen LogP contribution is 2.28. The fourth-order valence-electron chi connectivity index (χ4n) is 3.29. The zero-order valence-corrected chi connectivity index (χ0v) is 14.9. The fraction of sp³-hybridized carbons (Fsp3) is 0.389. The lowest BCUT2D eigenvalue weighted by atomic mass is 10.3. The average Bonchev–Trinajstić information content (AvgIpc) is 3.08. The van der Waals surface area contributed by atoms with Gasteiger partial charge in [-0.2, -0.15) is 13.2 Å². The van der Waals surface area contributed by atoms with Crippen LogP contribution in [0.25, 0.3) is 11.0 Å². The second kappa shape index (κ2) is 7.34. The standard InChI is InChI=1S/C18H18F4N6/c19-13-1-2-15-14(11-13)24-12-28(15)10-7-26-5-8-27(9-6-26)17-23-4-3-16(25-17)18(20,21)22/h1-4,11-12H,5-10H2. The second-order valence-corrected chi connectivity index (χ2v) is 6.64. The SMILES string of the molecule is Fc1ccc2c(c1)ncn2CCN1CCN(c2nccc(C(F)(F)F)n2)CC1. The van der Waals surface area contributed by atoms with E-state index in [-0.39, 0.29) is 11.8 Å². The first-order valence-electron chi connectivity index (χ1n) is 8.88. The Morgan fingerprint density at radius 1 is 0.964 bits per heavy atom. The second-order valence-electron chi connectivity index (χ2n) is 6.64. The molecule has 3 aromatic rings. The van der Waals surface area contributed by atoms with Crippen molar-refractivity contribution >= 4 is 17.0 Å². The van der Waals surface area contributed by atoms with Crippen molar-refractivity contribution in [3.8, 4) is 0 Å². The molecule has 0 saturated carbocycles. The third-order valence-electron chi connectivity index (χ3n) is 4.83. The van der Waals surface area contributed by atoms with Crippen LogP contribution in [0.5, 0.6) is 0 Å². The molecule has 148 valence electrons. The Hall–Kier alpha value is -2.75. The molecule has 10 heteroatoms. The summed E-state index contributed by atoms with van der Waals surface area (Å²) in [6, 6.07) is 5.40. The van der Waals surface area contributed by atoms with E-state index in [0.29, 0.717) is 38.2 Å². The Balaban J connectivity index is 1.34. The van der Waals surface area contributed by atoms with Crippen LogP contribution in [0.3, 0.4) is 0 Å². The molecule has 28 heavy (non-hydrogen) atoms. The first kappa shape index (κ1) is 18.6. The molecule has 1 aliphatic heterocycles. The molecule has 0 spiro atoms. The number of rotatable bonds is 4. The maximum atomic E-state index is 13.3. The molecule has 1 aliphatic rings. The van der Waals surface area contributed by atoms with Gasteiger partial charge < -0.3 is 9.47 Å². The molecular formula is C18H18F4N6. The highest BCUT2D eigenvalue weighted by atomic mass is 19.4. The normalized spacial score (nSPS) is 16.1. The highest BCUT2D eigenvalue weighted by molar-refractivity contribution is 5.75. The van der Waals surface area contributed by atoms with E-state index in [1.165, 1.54) is 12.1 Å². The quantitative estimate of drug-likeness (QED) is 0.637. The summed E-state index contributed by atoms with van der Waals surface area (Å²) in [7, 11) is 0. The molecule has 0 amide bonds. The van der Waals surface area contributed by atoms with Gasteiger partial charge in [-0.05, 0) is 18.2 Å². The van der Waals surface area contributed by atoms with Crippen molar-refractivity contribution in [3.63, 3.8) is 0 Å². The molecule has 0 radical (unpaired) electrons. The summed E-state index contributed by atoms with van der Waals surface area (Å²) in [6.45, 7) is 3.96. The zero-order valence-electron chi connectivity index (χ0n) is 14.9. The molecule has 0 unspecified atom stereocenters. The number of fused-ring (bicyclic) bond motifs is 1. The number of hydrogen-bond donors (Lipinski definition) is 0. The summed E-state index contributed by atoms with van der Waals surface area (Å²) in [6.07, 6.45) is -1.64. The van der Waals surface area contributed by atoms with Gasteiger partial charge in [-0.15, -0.1) is 0 Å². The Labute approximate surface area is 158 Å². The van der Waals surface area contributed by atoms with Crippen molar-refractivity contribution in [2.45, 2.75) is 12.7 Å². The fourth-order valence-corrected chi connectivity index (χ4v) is 3.29. The number of alkyl halides is 3. The number of piperazine rings is 1. The maximum absolute atomic E-state index is 13.3. The van der Waals surface area contributed by atoms with Gasteiger partial charge >= 0.3 is 6.18 Å². The van der Waals surface area contributed by atoms with Gasteiger partial charge in [-0.1, -0.05) is 0 Å². The van der Waals surface area contributed by atoms with Crippen LogP contribution in [0, 0.1) is 5.82 Å². The lowest BCUT2D eigenvalue weighted by molar-refractivity contribution is -0.141. The minimum Gasteiger partial charge on any atom is -0.338 e. The van der Waals surface area contributed by atoms with Crippen LogP contribution in [0.15, 0.2) is 36.8 Å². The number of nitrogens with zero attached hydrogens (tertiary/aromatic N) is 6. The molecule has 0 aliphatic carbocycles. The van der Waals surface area contributed by atoms with Gasteiger partial charge in [-0.3, -0.25) is 4.90 Å². The van der Waals surface area contributed by atoms with Gasteiger partial charge in [0.05, 0.1) is 17.4 Å². The van der Waals surface area contributed by atoms with Crippen LogP contribution in [0.2, 0.25) is 0 Å². The number of aromatic nitrogens is 4. The van der Waals surface area contributed by atoms with Gasteiger partial charge in [0.15, 0.2) is 0 Å². The summed E-state index contributed by atoms with van der Waals surface area (Å²) in [5.74, 6) is -0.206.